The third kappa shape index (κ3) is 2.25. The van der Waals surface area contributed by atoms with Gasteiger partial charge in [-0.05, 0) is 13.3 Å². The molecule has 1 rings (SSSR count). The Morgan fingerprint density at radius 3 is 2.33 bits per heavy atom. The van der Waals surface area contributed by atoms with E-state index in [0.29, 0.717) is 12.4 Å². The third-order valence-electron chi connectivity index (χ3n) is 2.78. The fraction of sp³-hybridized carbons (Fsp3) is 0.727. The first kappa shape index (κ1) is 11.9. The number of carbonyl (C=O) groups is 1. The average Bonchev–Trinajstić information content (AvgIpc) is 2.62. The van der Waals surface area contributed by atoms with E-state index in [1.165, 1.54) is 6.92 Å². The average molecular weight is 209 g/mol. The summed E-state index contributed by atoms with van der Waals surface area (Å²) in [6.07, 6.45) is 0.956. The summed E-state index contributed by atoms with van der Waals surface area (Å²) in [5.41, 5.74) is -0.0649. The molecule has 1 aromatic heterocycles. The number of aromatic nitrogens is 3. The lowest BCUT2D eigenvalue weighted by atomic mass is 9.90. The quantitative estimate of drug-likeness (QED) is 0.714. The summed E-state index contributed by atoms with van der Waals surface area (Å²) in [6, 6.07) is 0. The van der Waals surface area contributed by atoms with Gasteiger partial charge in [0.2, 0.25) is 0 Å². The smallest absolute Gasteiger partial charge is 0.196 e. The predicted molar refractivity (Wildman–Crippen MR) is 59.0 cm³/mol. The first-order chi connectivity index (χ1) is 6.92. The van der Waals surface area contributed by atoms with Crippen LogP contribution in [0.4, 0.5) is 0 Å². The molecule has 0 radical (unpaired) electrons. The lowest BCUT2D eigenvalue weighted by Gasteiger charge is -2.17. The molecule has 0 aliphatic heterocycles. The van der Waals surface area contributed by atoms with Crippen LogP contribution in [0.5, 0.6) is 0 Å². The summed E-state index contributed by atoms with van der Waals surface area (Å²) >= 11 is 0. The highest BCUT2D eigenvalue weighted by Crippen LogP contribution is 2.23. The van der Waals surface area contributed by atoms with E-state index >= 15 is 0 Å². The predicted octanol–water partition coefficient (Wildman–Crippen LogP) is 2.19. The Labute approximate surface area is 90.7 Å². The number of carbonyl (C=O) groups excluding carboxylic acids is 1. The lowest BCUT2D eigenvalue weighted by Crippen LogP contribution is -2.18. The molecule has 0 unspecified atom stereocenters. The molecular weight excluding hydrogens is 190 g/mol. The highest BCUT2D eigenvalue weighted by molar-refractivity contribution is 5.90. The molecule has 0 aliphatic rings. The zero-order valence-corrected chi connectivity index (χ0v) is 10.2. The molecule has 0 amide bonds. The molecule has 0 N–H and O–H groups in total. The molecule has 15 heavy (non-hydrogen) atoms. The van der Waals surface area contributed by atoms with Crippen LogP contribution in [0.2, 0.25) is 0 Å². The summed E-state index contributed by atoms with van der Waals surface area (Å²) < 4.78 is 1.68. The maximum absolute atomic E-state index is 11.3. The van der Waals surface area contributed by atoms with Crippen molar-refractivity contribution in [2.75, 3.05) is 0 Å². The van der Waals surface area contributed by atoms with E-state index in [4.69, 9.17) is 0 Å². The molecule has 4 nitrogen and oxygen atoms in total. The van der Waals surface area contributed by atoms with Crippen LogP contribution < -0.4 is 0 Å². The minimum Gasteiger partial charge on any atom is -0.291 e. The zero-order valence-electron chi connectivity index (χ0n) is 10.2. The minimum absolute atomic E-state index is 0.0255. The maximum atomic E-state index is 11.3. The molecule has 0 fully saturated rings. The monoisotopic (exact) mass is 209 g/mol. The third-order valence-corrected chi connectivity index (χ3v) is 2.78. The summed E-state index contributed by atoms with van der Waals surface area (Å²) in [5.74, 6) is 1.20. The van der Waals surface area contributed by atoms with Crippen molar-refractivity contribution < 1.29 is 4.79 Å². The first-order valence-electron chi connectivity index (χ1n) is 5.38. The number of hydrogen-bond donors (Lipinski definition) is 0. The van der Waals surface area contributed by atoms with Crippen LogP contribution in [-0.4, -0.2) is 20.5 Å². The van der Waals surface area contributed by atoms with Gasteiger partial charge >= 0.3 is 0 Å². The maximum Gasteiger partial charge on any atom is 0.196 e. The highest BCUT2D eigenvalue weighted by atomic mass is 16.1. The van der Waals surface area contributed by atoms with Gasteiger partial charge in [-0.25, -0.2) is 9.67 Å². The molecule has 4 heteroatoms. The summed E-state index contributed by atoms with van der Waals surface area (Å²) in [4.78, 5) is 15.7. The van der Waals surface area contributed by atoms with Gasteiger partial charge in [0.05, 0.1) is 0 Å². The van der Waals surface area contributed by atoms with Gasteiger partial charge in [0.15, 0.2) is 17.4 Å². The van der Waals surface area contributed by atoms with E-state index in [1.54, 1.807) is 4.68 Å². The van der Waals surface area contributed by atoms with Crippen LogP contribution >= 0.6 is 0 Å². The topological polar surface area (TPSA) is 47.8 Å². The molecule has 0 aromatic carbocycles. The van der Waals surface area contributed by atoms with Gasteiger partial charge < -0.3 is 0 Å². The molecule has 84 valence electrons. The van der Waals surface area contributed by atoms with Crippen LogP contribution in [0.1, 0.15) is 57.5 Å². The number of ketones is 1. The van der Waals surface area contributed by atoms with Crippen LogP contribution in [0, 0.1) is 0 Å². The number of aryl methyl sites for hydroxylation is 1. The molecule has 0 saturated heterocycles. The second kappa shape index (κ2) is 4.13. The molecule has 1 aromatic rings. The second-order valence-corrected chi connectivity index (χ2v) is 4.37. The Morgan fingerprint density at radius 2 is 2.00 bits per heavy atom. The van der Waals surface area contributed by atoms with Crippen molar-refractivity contribution in [3.05, 3.63) is 11.6 Å². The van der Waals surface area contributed by atoms with Crippen LogP contribution in [0.3, 0.4) is 0 Å². The van der Waals surface area contributed by atoms with Crippen molar-refractivity contribution in [2.24, 2.45) is 0 Å². The number of rotatable bonds is 4. The van der Waals surface area contributed by atoms with Gasteiger partial charge in [0, 0.05) is 18.9 Å². The van der Waals surface area contributed by atoms with Crippen LogP contribution in [0.15, 0.2) is 0 Å². The molecule has 0 aliphatic carbocycles. The number of Topliss-reactive ketones (excluding diaryl/α,β-unsaturated/α-hetero) is 1. The highest BCUT2D eigenvalue weighted by Gasteiger charge is 2.25. The summed E-state index contributed by atoms with van der Waals surface area (Å²) in [6.45, 7) is 10.4. The minimum atomic E-state index is -0.0649. The summed E-state index contributed by atoms with van der Waals surface area (Å²) in [7, 11) is 0. The molecule has 0 saturated carbocycles. The van der Waals surface area contributed by atoms with Crippen molar-refractivity contribution in [1.29, 1.82) is 0 Å². The van der Waals surface area contributed by atoms with Gasteiger partial charge in [0.25, 0.3) is 0 Å². The lowest BCUT2D eigenvalue weighted by molar-refractivity contribution is 0.0998. The van der Waals surface area contributed by atoms with Crippen molar-refractivity contribution in [3.63, 3.8) is 0 Å². The van der Waals surface area contributed by atoms with Crippen molar-refractivity contribution in [3.8, 4) is 0 Å². The molecule has 1 heterocycles. The normalized spacial score (nSPS) is 11.8. The van der Waals surface area contributed by atoms with Gasteiger partial charge in [-0.3, -0.25) is 4.79 Å². The standard InChI is InChI=1S/C11H19N3O/c1-6-11(4,5)10-12-9(8(3)15)14(7-2)13-10/h6-7H2,1-5H3. The molecule has 0 bridgehead atoms. The fourth-order valence-electron chi connectivity index (χ4n) is 1.27. The molecular formula is C11H19N3O. The Kier molecular flexibility index (Phi) is 3.27. The van der Waals surface area contributed by atoms with Gasteiger partial charge in [-0.15, -0.1) is 0 Å². The van der Waals surface area contributed by atoms with E-state index in [0.717, 1.165) is 12.2 Å². The fourth-order valence-corrected chi connectivity index (χ4v) is 1.27. The van der Waals surface area contributed by atoms with E-state index < -0.39 is 0 Å². The van der Waals surface area contributed by atoms with E-state index in [9.17, 15) is 4.79 Å². The SMILES string of the molecule is CCn1nc(C(C)(C)CC)nc1C(C)=O. The van der Waals surface area contributed by atoms with E-state index in [2.05, 4.69) is 30.9 Å². The van der Waals surface area contributed by atoms with E-state index in [-0.39, 0.29) is 11.2 Å². The Morgan fingerprint density at radius 1 is 1.40 bits per heavy atom. The van der Waals surface area contributed by atoms with Crippen LogP contribution in [-0.2, 0) is 12.0 Å². The van der Waals surface area contributed by atoms with Crippen molar-refractivity contribution in [1.82, 2.24) is 14.8 Å². The first-order valence-corrected chi connectivity index (χ1v) is 5.38. The van der Waals surface area contributed by atoms with Gasteiger partial charge in [0.1, 0.15) is 0 Å². The number of hydrogen-bond acceptors (Lipinski definition) is 3. The van der Waals surface area contributed by atoms with Crippen molar-refractivity contribution >= 4 is 5.78 Å². The summed E-state index contributed by atoms with van der Waals surface area (Å²) in [5, 5.41) is 4.38. The largest absolute Gasteiger partial charge is 0.291 e. The zero-order chi connectivity index (χ0) is 11.6. The number of nitrogens with zero attached hydrogens (tertiary/aromatic N) is 3. The molecule has 0 spiro atoms. The molecule has 0 atom stereocenters. The Hall–Kier alpha value is -1.19. The van der Waals surface area contributed by atoms with Crippen LogP contribution in [0.25, 0.3) is 0 Å². The van der Waals surface area contributed by atoms with Gasteiger partial charge in [-0.1, -0.05) is 20.8 Å². The van der Waals surface area contributed by atoms with E-state index in [1.807, 2.05) is 6.92 Å². The Balaban J connectivity index is 3.19. The Bertz CT molecular complexity index is 366. The second-order valence-electron chi connectivity index (χ2n) is 4.37. The van der Waals surface area contributed by atoms with Crippen molar-refractivity contribution in [2.45, 2.75) is 53.0 Å². The van der Waals surface area contributed by atoms with Gasteiger partial charge in [-0.2, -0.15) is 5.10 Å².